The van der Waals surface area contributed by atoms with E-state index < -0.39 is 0 Å². The maximum absolute atomic E-state index is 5.55. The van der Waals surface area contributed by atoms with Crippen LogP contribution in [0.2, 0.25) is 0 Å². The highest BCUT2D eigenvalue weighted by atomic mass is 16.5. The Labute approximate surface area is 98.0 Å². The van der Waals surface area contributed by atoms with Gasteiger partial charge in [-0.25, -0.2) is 4.98 Å². The Kier molecular flexibility index (Phi) is 5.49. The minimum atomic E-state index is 0.167. The monoisotopic (exact) mass is 225 g/mol. The Bertz CT molecular complexity index is 298. The molecule has 0 aliphatic carbocycles. The number of aryl methyl sites for hydroxylation is 1. The van der Waals surface area contributed by atoms with Gasteiger partial charge in [-0.3, -0.25) is 0 Å². The molecule has 0 radical (unpaired) electrons. The molecule has 1 aromatic rings. The zero-order valence-electron chi connectivity index (χ0n) is 10.7. The highest BCUT2D eigenvalue weighted by Crippen LogP contribution is 2.20. The van der Waals surface area contributed by atoms with Gasteiger partial charge in [0, 0.05) is 26.0 Å². The van der Waals surface area contributed by atoms with E-state index in [0.29, 0.717) is 0 Å². The molecular weight excluding hydrogens is 202 g/mol. The number of nitrogens with zero attached hydrogens (tertiary/aromatic N) is 2. The van der Waals surface area contributed by atoms with Gasteiger partial charge in [-0.15, -0.1) is 0 Å². The number of rotatable bonds is 7. The Hall–Kier alpha value is -0.870. The summed E-state index contributed by atoms with van der Waals surface area (Å²) in [6.07, 6.45) is 6.20. The zero-order chi connectivity index (χ0) is 12.0. The van der Waals surface area contributed by atoms with Crippen LogP contribution in [0.4, 0.5) is 0 Å². The van der Waals surface area contributed by atoms with Crippen LogP contribution in [0.25, 0.3) is 0 Å². The van der Waals surface area contributed by atoms with Gasteiger partial charge in [-0.2, -0.15) is 0 Å². The number of hydrogen-bond acceptors (Lipinski definition) is 3. The highest BCUT2D eigenvalue weighted by Gasteiger charge is 2.24. The predicted molar refractivity (Wildman–Crippen MR) is 65.4 cm³/mol. The fourth-order valence-electron chi connectivity index (χ4n) is 2.05. The molecule has 0 saturated heterocycles. The van der Waals surface area contributed by atoms with E-state index in [9.17, 15) is 0 Å². The second-order valence-corrected chi connectivity index (χ2v) is 3.90. The molecule has 92 valence electrons. The van der Waals surface area contributed by atoms with Crippen LogP contribution in [0, 0.1) is 0 Å². The average molecular weight is 225 g/mol. The lowest BCUT2D eigenvalue weighted by Gasteiger charge is -2.25. The number of hydrogen-bond donors (Lipinski definition) is 1. The second-order valence-electron chi connectivity index (χ2n) is 3.90. The van der Waals surface area contributed by atoms with Gasteiger partial charge in [0.05, 0.1) is 12.1 Å². The first-order valence-corrected chi connectivity index (χ1v) is 5.99. The van der Waals surface area contributed by atoms with Crippen molar-refractivity contribution in [2.45, 2.75) is 45.4 Å². The van der Waals surface area contributed by atoms with Gasteiger partial charge < -0.3 is 14.6 Å². The van der Waals surface area contributed by atoms with Crippen LogP contribution >= 0.6 is 0 Å². The molecule has 0 aromatic carbocycles. The summed E-state index contributed by atoms with van der Waals surface area (Å²) in [5, 5.41) is 3.31. The van der Waals surface area contributed by atoms with Crippen LogP contribution < -0.4 is 5.32 Å². The lowest BCUT2D eigenvalue weighted by Crippen LogP contribution is -2.33. The first kappa shape index (κ1) is 13.2. The van der Waals surface area contributed by atoms with Crippen molar-refractivity contribution in [1.29, 1.82) is 0 Å². The fraction of sp³-hybridized carbons (Fsp3) is 0.750. The summed E-state index contributed by atoms with van der Waals surface area (Å²) in [5.41, 5.74) is 0. The fourth-order valence-corrected chi connectivity index (χ4v) is 2.05. The molecule has 0 bridgehead atoms. The number of nitrogens with one attached hydrogen (secondary N) is 1. The molecule has 4 heteroatoms. The van der Waals surface area contributed by atoms with Crippen molar-refractivity contribution in [3.05, 3.63) is 18.2 Å². The second kappa shape index (κ2) is 6.66. The first-order chi connectivity index (χ1) is 7.78. The zero-order valence-corrected chi connectivity index (χ0v) is 10.7. The molecule has 16 heavy (non-hydrogen) atoms. The third-order valence-electron chi connectivity index (χ3n) is 2.93. The highest BCUT2D eigenvalue weighted by molar-refractivity contribution is 5.02. The normalized spacial score (nSPS) is 15.0. The molecule has 2 atom stereocenters. The van der Waals surface area contributed by atoms with Crippen molar-refractivity contribution >= 4 is 0 Å². The van der Waals surface area contributed by atoms with Crippen molar-refractivity contribution in [3.63, 3.8) is 0 Å². The molecule has 0 saturated carbocycles. The third kappa shape index (κ3) is 2.83. The predicted octanol–water partition coefficient (Wildman–Crippen LogP) is 1.98. The van der Waals surface area contributed by atoms with Gasteiger partial charge >= 0.3 is 0 Å². The number of aromatic nitrogens is 2. The van der Waals surface area contributed by atoms with Crippen LogP contribution in [0.3, 0.4) is 0 Å². The van der Waals surface area contributed by atoms with Crippen molar-refractivity contribution in [2.24, 2.45) is 0 Å². The third-order valence-corrected chi connectivity index (χ3v) is 2.93. The van der Waals surface area contributed by atoms with Gasteiger partial charge in [0.2, 0.25) is 0 Å². The number of likely N-dealkylation sites (N-methyl/N-ethyl adjacent to an activating group) is 1. The molecule has 0 amide bonds. The topological polar surface area (TPSA) is 39.1 Å². The molecular formula is C12H23N3O. The Balaban J connectivity index is 2.87. The maximum atomic E-state index is 5.55. The summed E-state index contributed by atoms with van der Waals surface area (Å²) >= 11 is 0. The van der Waals surface area contributed by atoms with Crippen LogP contribution in [0.1, 0.15) is 38.6 Å². The SMILES string of the molecule is CCCC(OC)C(NC)c1nccn1CC. The van der Waals surface area contributed by atoms with Crippen LogP contribution in [-0.2, 0) is 11.3 Å². The standard InChI is InChI=1S/C12H23N3O/c1-5-7-10(16-4)11(13-3)12-14-8-9-15(12)6-2/h8-11,13H,5-7H2,1-4H3. The van der Waals surface area contributed by atoms with Crippen LogP contribution in [0.5, 0.6) is 0 Å². The molecule has 1 rings (SSSR count). The molecule has 0 aliphatic heterocycles. The van der Waals surface area contributed by atoms with Crippen LogP contribution in [0.15, 0.2) is 12.4 Å². The Morgan fingerprint density at radius 2 is 2.25 bits per heavy atom. The van der Waals surface area contributed by atoms with E-state index in [-0.39, 0.29) is 12.1 Å². The summed E-state index contributed by atoms with van der Waals surface area (Å²) in [6, 6.07) is 0.167. The Morgan fingerprint density at radius 3 is 2.75 bits per heavy atom. The van der Waals surface area contributed by atoms with E-state index in [1.165, 1.54) is 0 Å². The lowest BCUT2D eigenvalue weighted by molar-refractivity contribution is 0.0593. The Morgan fingerprint density at radius 1 is 1.50 bits per heavy atom. The number of imidazole rings is 1. The molecule has 1 aromatic heterocycles. The quantitative estimate of drug-likeness (QED) is 0.771. The van der Waals surface area contributed by atoms with Gasteiger partial charge in [0.15, 0.2) is 0 Å². The van der Waals surface area contributed by atoms with Gasteiger partial charge in [0.1, 0.15) is 5.82 Å². The van der Waals surface area contributed by atoms with E-state index in [1.54, 1.807) is 7.11 Å². The van der Waals surface area contributed by atoms with Crippen molar-refractivity contribution < 1.29 is 4.74 Å². The minimum absolute atomic E-state index is 0.167. The van der Waals surface area contributed by atoms with E-state index in [2.05, 4.69) is 28.7 Å². The molecule has 0 fully saturated rings. The average Bonchev–Trinajstić information content (AvgIpc) is 2.77. The van der Waals surface area contributed by atoms with Crippen LogP contribution in [-0.4, -0.2) is 29.8 Å². The molecule has 1 heterocycles. The molecule has 2 unspecified atom stereocenters. The molecule has 0 spiro atoms. The molecule has 1 N–H and O–H groups in total. The van der Waals surface area contributed by atoms with E-state index in [0.717, 1.165) is 25.2 Å². The first-order valence-electron chi connectivity index (χ1n) is 5.99. The summed E-state index contributed by atoms with van der Waals surface area (Å²) in [7, 11) is 3.73. The van der Waals surface area contributed by atoms with E-state index in [4.69, 9.17) is 4.74 Å². The summed E-state index contributed by atoms with van der Waals surface area (Å²) < 4.78 is 7.71. The maximum Gasteiger partial charge on any atom is 0.128 e. The largest absolute Gasteiger partial charge is 0.379 e. The lowest BCUT2D eigenvalue weighted by atomic mass is 10.1. The summed E-state index contributed by atoms with van der Waals surface area (Å²) in [4.78, 5) is 4.43. The van der Waals surface area contributed by atoms with Crippen molar-refractivity contribution in [1.82, 2.24) is 14.9 Å². The van der Waals surface area contributed by atoms with Gasteiger partial charge in [-0.1, -0.05) is 13.3 Å². The van der Waals surface area contributed by atoms with Crippen molar-refractivity contribution in [2.75, 3.05) is 14.2 Å². The van der Waals surface area contributed by atoms with Crippen molar-refractivity contribution in [3.8, 4) is 0 Å². The smallest absolute Gasteiger partial charge is 0.128 e. The summed E-state index contributed by atoms with van der Waals surface area (Å²) in [5.74, 6) is 1.06. The van der Waals surface area contributed by atoms with E-state index >= 15 is 0 Å². The number of ether oxygens (including phenoxy) is 1. The van der Waals surface area contributed by atoms with E-state index in [1.807, 2.05) is 19.4 Å². The molecule has 0 aliphatic rings. The van der Waals surface area contributed by atoms with Gasteiger partial charge in [-0.05, 0) is 20.4 Å². The number of methoxy groups -OCH3 is 1. The minimum Gasteiger partial charge on any atom is -0.379 e. The van der Waals surface area contributed by atoms with Gasteiger partial charge in [0.25, 0.3) is 0 Å². The molecule has 4 nitrogen and oxygen atoms in total. The summed E-state index contributed by atoms with van der Waals surface area (Å²) in [6.45, 7) is 5.24.